The van der Waals surface area contributed by atoms with Crippen LogP contribution >= 0.6 is 11.8 Å². The van der Waals surface area contributed by atoms with Gasteiger partial charge in [0.2, 0.25) is 5.91 Å². The summed E-state index contributed by atoms with van der Waals surface area (Å²) in [6.45, 7) is 8.07. The molecule has 5 atom stereocenters. The average Bonchev–Trinajstić information content (AvgIpc) is 3.12. The number of nitrogens with zero attached hydrogens (tertiary/aromatic N) is 1. The zero-order valence-corrected chi connectivity index (χ0v) is 32.5. The summed E-state index contributed by atoms with van der Waals surface area (Å²) in [6, 6.07) is 25.2. The van der Waals surface area contributed by atoms with Crippen LogP contribution in [-0.2, 0) is 42.8 Å². The molecule has 0 saturated carbocycles. The Balaban J connectivity index is 1.63. The molecular weight excluding hydrogens is 733 g/mol. The second kappa shape index (κ2) is 18.8. The van der Waals surface area contributed by atoms with Crippen molar-refractivity contribution in [1.29, 1.82) is 0 Å². The Labute approximate surface area is 324 Å². The predicted molar refractivity (Wildman–Crippen MR) is 200 cm³/mol. The summed E-state index contributed by atoms with van der Waals surface area (Å²) >= 11 is 1.15. The van der Waals surface area contributed by atoms with Gasteiger partial charge >= 0.3 is 30.0 Å². The molecule has 3 aromatic carbocycles. The van der Waals surface area contributed by atoms with Crippen LogP contribution in [0.25, 0.3) is 0 Å². The van der Waals surface area contributed by atoms with Crippen LogP contribution in [0.4, 0.5) is 4.79 Å². The second-order valence-corrected chi connectivity index (χ2v) is 15.3. The van der Waals surface area contributed by atoms with Crippen LogP contribution in [-0.4, -0.2) is 102 Å². The van der Waals surface area contributed by atoms with Crippen LogP contribution in [0.5, 0.6) is 0 Å². The first kappa shape index (κ1) is 42.3. The number of carbonyl (C=O) groups is 6. The Morgan fingerprint density at radius 1 is 0.727 bits per heavy atom. The summed E-state index contributed by atoms with van der Waals surface area (Å²) < 4.78 is 35.1. The third-order valence-corrected chi connectivity index (χ3v) is 8.98. The van der Waals surface area contributed by atoms with Gasteiger partial charge in [-0.05, 0) is 71.0 Å². The Kier molecular flexibility index (Phi) is 14.4. The van der Waals surface area contributed by atoms with E-state index in [9.17, 15) is 28.8 Å². The maximum Gasteiger partial charge on any atom is 0.410 e. The number of rotatable bonds is 13. The maximum atomic E-state index is 13.6. The van der Waals surface area contributed by atoms with Crippen molar-refractivity contribution in [3.05, 3.63) is 102 Å². The lowest BCUT2D eigenvalue weighted by Gasteiger charge is -2.44. The fourth-order valence-electron chi connectivity index (χ4n) is 5.26. The summed E-state index contributed by atoms with van der Waals surface area (Å²) in [6.07, 6.45) is -6.25. The first-order chi connectivity index (χ1) is 25.9. The molecule has 0 aromatic heterocycles. The van der Waals surface area contributed by atoms with Crippen LogP contribution in [0, 0.1) is 0 Å². The van der Waals surface area contributed by atoms with E-state index in [4.69, 9.17) is 28.4 Å². The first-order valence-corrected chi connectivity index (χ1v) is 18.3. The molecule has 14 nitrogen and oxygen atoms in total. The highest BCUT2D eigenvalue weighted by Crippen LogP contribution is 2.38. The number of carbonyl (C=O) groups excluding carboxylic acids is 6. The molecular formula is C40H46N2O12S. The number of hydrogen-bond acceptors (Lipinski definition) is 13. The molecule has 0 aliphatic carbocycles. The molecule has 4 rings (SSSR count). The highest BCUT2D eigenvalue weighted by Gasteiger charge is 2.53. The fraction of sp³-hybridized carbons (Fsp3) is 0.400. The van der Waals surface area contributed by atoms with Crippen molar-refractivity contribution < 1.29 is 57.2 Å². The van der Waals surface area contributed by atoms with Gasteiger partial charge in [0, 0.05) is 18.9 Å². The number of esters is 4. The maximum absolute atomic E-state index is 13.6. The van der Waals surface area contributed by atoms with Crippen LogP contribution in [0.3, 0.4) is 0 Å². The van der Waals surface area contributed by atoms with Gasteiger partial charge in [-0.1, -0.05) is 66.4 Å². The molecule has 0 bridgehead atoms. The van der Waals surface area contributed by atoms with Crippen LogP contribution < -0.4 is 5.32 Å². The SMILES string of the molecule is CC(=O)O[C@H]1C(COC(=O)C(C)(C)NC(=O)CN(C)C(=O)OC(C)(C)C)O[C@@H](Sc2ccccc2)C(OC(=O)c2ccccc2)C1OC(=O)c1ccccc1. The third kappa shape index (κ3) is 12.6. The molecule has 1 N–H and O–H groups in total. The zero-order valence-electron chi connectivity index (χ0n) is 31.7. The van der Waals surface area contributed by atoms with Gasteiger partial charge in [0.05, 0.1) is 11.1 Å². The highest BCUT2D eigenvalue weighted by molar-refractivity contribution is 7.99. The van der Waals surface area contributed by atoms with E-state index in [0.717, 1.165) is 23.6 Å². The van der Waals surface area contributed by atoms with Crippen molar-refractivity contribution in [2.45, 2.75) is 87.4 Å². The van der Waals surface area contributed by atoms with E-state index in [0.29, 0.717) is 4.90 Å². The fourth-order valence-corrected chi connectivity index (χ4v) is 6.39. The van der Waals surface area contributed by atoms with Crippen molar-refractivity contribution >= 4 is 47.6 Å². The Morgan fingerprint density at radius 3 is 1.75 bits per heavy atom. The van der Waals surface area contributed by atoms with Crippen LogP contribution in [0.15, 0.2) is 95.9 Å². The lowest BCUT2D eigenvalue weighted by atomic mass is 9.98. The van der Waals surface area contributed by atoms with E-state index in [-0.39, 0.29) is 11.1 Å². The minimum Gasteiger partial charge on any atom is -0.461 e. The van der Waals surface area contributed by atoms with E-state index in [1.54, 1.807) is 93.6 Å². The topological polar surface area (TPSA) is 173 Å². The number of ether oxygens (including phenoxy) is 6. The van der Waals surface area contributed by atoms with Crippen molar-refractivity contribution in [2.75, 3.05) is 20.2 Å². The predicted octanol–water partition coefficient (Wildman–Crippen LogP) is 5.19. The van der Waals surface area contributed by atoms with Crippen LogP contribution in [0.2, 0.25) is 0 Å². The molecule has 3 unspecified atom stereocenters. The van der Waals surface area contributed by atoms with E-state index in [2.05, 4.69) is 5.32 Å². The average molecular weight is 779 g/mol. The highest BCUT2D eigenvalue weighted by atomic mass is 32.2. The normalized spacial score (nSPS) is 19.6. The minimum atomic E-state index is -1.61. The van der Waals surface area contributed by atoms with Gasteiger partial charge in [0.25, 0.3) is 0 Å². The zero-order chi connectivity index (χ0) is 40.3. The molecule has 15 heteroatoms. The van der Waals surface area contributed by atoms with Gasteiger partial charge in [-0.15, -0.1) is 0 Å². The summed E-state index contributed by atoms with van der Waals surface area (Å²) in [4.78, 5) is 80.2. The molecule has 1 aliphatic rings. The summed E-state index contributed by atoms with van der Waals surface area (Å²) in [5.41, 5.74) is -3.09. The molecule has 55 heavy (non-hydrogen) atoms. The number of thioether (sulfide) groups is 1. The molecule has 3 aromatic rings. The lowest BCUT2D eigenvalue weighted by molar-refractivity contribution is -0.223. The van der Waals surface area contributed by atoms with Crippen molar-refractivity contribution in [2.24, 2.45) is 0 Å². The quantitative estimate of drug-likeness (QED) is 0.178. The van der Waals surface area contributed by atoms with Gasteiger partial charge in [0.15, 0.2) is 18.3 Å². The number of benzene rings is 3. The number of nitrogens with one attached hydrogen (secondary N) is 1. The molecule has 1 aliphatic heterocycles. The Hall–Kier alpha value is -5.41. The standard InChI is InChI=1S/C40H46N2O12S/c1-25(43)50-31-29(24-49-37(47)40(5,6)41-30(44)23-42(7)38(48)54-39(2,3)4)51-36(55-28-21-15-10-16-22-28)33(53-35(46)27-19-13-9-14-20-27)32(31)52-34(45)26-17-11-8-12-18-26/h8-22,29,31-33,36H,23-24H2,1-7H3,(H,41,44)/t29?,31-,32?,33?,36-/m0/s1. The summed E-state index contributed by atoms with van der Waals surface area (Å²) in [5.74, 6) is -3.90. The van der Waals surface area contributed by atoms with E-state index >= 15 is 0 Å². The van der Waals surface area contributed by atoms with Crippen molar-refractivity contribution in [1.82, 2.24) is 10.2 Å². The summed E-state index contributed by atoms with van der Waals surface area (Å²) in [7, 11) is 1.38. The molecule has 1 saturated heterocycles. The van der Waals surface area contributed by atoms with Crippen LogP contribution in [0.1, 0.15) is 62.3 Å². The Bertz CT molecular complexity index is 1800. The largest absolute Gasteiger partial charge is 0.461 e. The van der Waals surface area contributed by atoms with Crippen molar-refractivity contribution in [3.8, 4) is 0 Å². The minimum absolute atomic E-state index is 0.175. The van der Waals surface area contributed by atoms with E-state index in [1.165, 1.54) is 33.0 Å². The van der Waals surface area contributed by atoms with Crippen molar-refractivity contribution in [3.63, 3.8) is 0 Å². The monoisotopic (exact) mass is 778 g/mol. The van der Waals surface area contributed by atoms with Gasteiger partial charge in [0.1, 0.15) is 35.8 Å². The van der Waals surface area contributed by atoms with Gasteiger partial charge in [-0.25, -0.2) is 19.2 Å². The molecule has 0 radical (unpaired) electrons. The second-order valence-electron chi connectivity index (χ2n) is 14.1. The van der Waals surface area contributed by atoms with Gasteiger partial charge in [-0.3, -0.25) is 9.59 Å². The number of hydrogen-bond donors (Lipinski definition) is 1. The molecule has 1 heterocycles. The lowest BCUT2D eigenvalue weighted by Crippen LogP contribution is -2.62. The van der Waals surface area contributed by atoms with Gasteiger partial charge in [-0.2, -0.15) is 0 Å². The number of likely N-dealkylation sites (N-methyl/N-ethyl adjacent to an activating group) is 1. The first-order valence-electron chi connectivity index (χ1n) is 17.4. The molecule has 0 spiro atoms. The van der Waals surface area contributed by atoms with Gasteiger partial charge < -0.3 is 38.6 Å². The Morgan fingerprint density at radius 2 is 1.24 bits per heavy atom. The molecule has 2 amide bonds. The number of amides is 2. The molecule has 1 fully saturated rings. The molecule has 294 valence electrons. The smallest absolute Gasteiger partial charge is 0.410 e. The van der Waals surface area contributed by atoms with E-state index < -0.39 is 90.0 Å². The van der Waals surface area contributed by atoms with E-state index in [1.807, 2.05) is 6.07 Å². The third-order valence-electron chi connectivity index (χ3n) is 7.82. The summed E-state index contributed by atoms with van der Waals surface area (Å²) in [5, 5.41) is 2.55.